The maximum atomic E-state index is 3.76. The number of likely N-dealkylation sites (N-methyl/N-ethyl adjacent to an activating group) is 1. The van der Waals surface area contributed by atoms with Gasteiger partial charge in [0.15, 0.2) is 0 Å². The summed E-state index contributed by atoms with van der Waals surface area (Å²) in [4.78, 5) is 5.31. The predicted octanol–water partition coefficient (Wildman–Crippen LogP) is 2.57. The summed E-state index contributed by atoms with van der Waals surface area (Å²) in [6.45, 7) is 16.6. The van der Waals surface area contributed by atoms with Crippen LogP contribution in [0.25, 0.3) is 0 Å². The minimum absolute atomic E-state index is 0.332. The molecule has 2 aliphatic rings. The third-order valence-electron chi connectivity index (χ3n) is 5.21. The Kier molecular flexibility index (Phi) is 5.88. The second-order valence-electron chi connectivity index (χ2n) is 7.67. The van der Waals surface area contributed by atoms with Crippen LogP contribution in [0.4, 0.5) is 0 Å². The number of hydrogen-bond acceptors (Lipinski definition) is 3. The fraction of sp³-hybridized carbons (Fsp3) is 1.00. The zero-order chi connectivity index (χ0) is 14.6. The van der Waals surface area contributed by atoms with E-state index in [1.165, 1.54) is 58.4 Å². The largest absolute Gasteiger partial charge is 0.313 e. The van der Waals surface area contributed by atoms with Crippen LogP contribution in [0.3, 0.4) is 0 Å². The first-order valence-electron chi connectivity index (χ1n) is 8.71. The normalized spacial score (nSPS) is 25.2. The number of hydrogen-bond donors (Lipinski definition) is 1. The van der Waals surface area contributed by atoms with E-state index < -0.39 is 0 Å². The monoisotopic (exact) mass is 281 g/mol. The fourth-order valence-electron chi connectivity index (χ4n) is 3.88. The molecule has 1 aliphatic heterocycles. The van der Waals surface area contributed by atoms with Gasteiger partial charge in [0.2, 0.25) is 0 Å². The molecule has 2 fully saturated rings. The Hall–Kier alpha value is -0.120. The van der Waals surface area contributed by atoms with Gasteiger partial charge in [-0.3, -0.25) is 9.80 Å². The van der Waals surface area contributed by atoms with Crippen LogP contribution in [-0.4, -0.2) is 60.6 Å². The lowest BCUT2D eigenvalue weighted by molar-refractivity contribution is 0.0546. The molecular formula is C17H35N3. The molecule has 1 saturated heterocycles. The van der Waals surface area contributed by atoms with Crippen molar-refractivity contribution in [2.24, 2.45) is 5.92 Å². The fourth-order valence-corrected chi connectivity index (χ4v) is 3.88. The topological polar surface area (TPSA) is 18.5 Å². The minimum Gasteiger partial charge on any atom is -0.313 e. The van der Waals surface area contributed by atoms with Gasteiger partial charge in [0.05, 0.1) is 0 Å². The maximum absolute atomic E-state index is 3.76. The minimum atomic E-state index is 0.332. The second-order valence-corrected chi connectivity index (χ2v) is 7.67. The van der Waals surface area contributed by atoms with Crippen LogP contribution in [-0.2, 0) is 0 Å². The van der Waals surface area contributed by atoms with Crippen LogP contribution in [0.5, 0.6) is 0 Å². The molecule has 1 unspecified atom stereocenters. The molecule has 0 radical (unpaired) electrons. The highest BCUT2D eigenvalue weighted by atomic mass is 15.3. The number of nitrogens with zero attached hydrogens (tertiary/aromatic N) is 2. The van der Waals surface area contributed by atoms with Gasteiger partial charge in [-0.15, -0.1) is 0 Å². The molecule has 0 aromatic rings. The van der Waals surface area contributed by atoms with E-state index in [0.29, 0.717) is 5.54 Å². The van der Waals surface area contributed by atoms with Gasteiger partial charge in [0.1, 0.15) is 0 Å². The molecule has 1 saturated carbocycles. The van der Waals surface area contributed by atoms with Crippen LogP contribution in [0.2, 0.25) is 0 Å². The molecule has 0 aromatic heterocycles. The zero-order valence-corrected chi connectivity index (χ0v) is 14.1. The maximum Gasteiger partial charge on any atom is 0.0223 e. The van der Waals surface area contributed by atoms with E-state index in [9.17, 15) is 0 Å². The average molecular weight is 281 g/mol. The molecule has 0 bridgehead atoms. The number of piperazine rings is 1. The summed E-state index contributed by atoms with van der Waals surface area (Å²) in [5.74, 6) is 0.926. The smallest absolute Gasteiger partial charge is 0.0223 e. The SMILES string of the molecule is CCNC(CN1CCN(C(C)(C)C)CC1)C1CCCC1. The van der Waals surface area contributed by atoms with E-state index in [0.717, 1.165) is 18.5 Å². The first kappa shape index (κ1) is 16.3. The van der Waals surface area contributed by atoms with E-state index in [1.807, 2.05) is 0 Å². The summed E-state index contributed by atoms with van der Waals surface area (Å²) >= 11 is 0. The van der Waals surface area contributed by atoms with Crippen molar-refractivity contribution in [2.45, 2.75) is 65.0 Å². The van der Waals surface area contributed by atoms with Crippen LogP contribution >= 0.6 is 0 Å². The van der Waals surface area contributed by atoms with E-state index in [2.05, 4.69) is 42.8 Å². The molecule has 0 aromatic carbocycles. The summed E-state index contributed by atoms with van der Waals surface area (Å²) in [5.41, 5.74) is 0.332. The summed E-state index contributed by atoms with van der Waals surface area (Å²) < 4.78 is 0. The van der Waals surface area contributed by atoms with Crippen molar-refractivity contribution in [2.75, 3.05) is 39.3 Å². The van der Waals surface area contributed by atoms with Gasteiger partial charge in [0.25, 0.3) is 0 Å². The zero-order valence-electron chi connectivity index (χ0n) is 14.1. The van der Waals surface area contributed by atoms with E-state index >= 15 is 0 Å². The third-order valence-corrected chi connectivity index (χ3v) is 5.21. The lowest BCUT2D eigenvalue weighted by atomic mass is 9.97. The average Bonchev–Trinajstić information content (AvgIpc) is 2.91. The molecule has 3 heteroatoms. The Labute approximate surface area is 126 Å². The Morgan fingerprint density at radius 3 is 2.15 bits per heavy atom. The molecular weight excluding hydrogens is 246 g/mol. The van der Waals surface area contributed by atoms with Crippen molar-refractivity contribution in [3.63, 3.8) is 0 Å². The van der Waals surface area contributed by atoms with Gasteiger partial charge in [0, 0.05) is 44.3 Å². The molecule has 2 rings (SSSR count). The lowest BCUT2D eigenvalue weighted by Gasteiger charge is -2.43. The molecule has 0 amide bonds. The van der Waals surface area contributed by atoms with Crippen molar-refractivity contribution in [3.05, 3.63) is 0 Å². The first-order chi connectivity index (χ1) is 9.50. The van der Waals surface area contributed by atoms with Gasteiger partial charge in [-0.1, -0.05) is 19.8 Å². The van der Waals surface area contributed by atoms with Crippen molar-refractivity contribution in [1.29, 1.82) is 0 Å². The molecule has 1 atom stereocenters. The molecule has 0 spiro atoms. The Morgan fingerprint density at radius 2 is 1.65 bits per heavy atom. The van der Waals surface area contributed by atoms with E-state index in [4.69, 9.17) is 0 Å². The number of rotatable bonds is 5. The Bertz CT molecular complexity index is 270. The Morgan fingerprint density at radius 1 is 1.05 bits per heavy atom. The quantitative estimate of drug-likeness (QED) is 0.835. The molecule has 20 heavy (non-hydrogen) atoms. The predicted molar refractivity (Wildman–Crippen MR) is 87.2 cm³/mol. The Balaban J connectivity index is 1.80. The lowest BCUT2D eigenvalue weighted by Crippen LogP contribution is -2.56. The summed E-state index contributed by atoms with van der Waals surface area (Å²) in [6.07, 6.45) is 5.79. The van der Waals surface area contributed by atoms with Crippen molar-refractivity contribution >= 4 is 0 Å². The van der Waals surface area contributed by atoms with Crippen LogP contribution in [0.1, 0.15) is 53.4 Å². The van der Waals surface area contributed by atoms with Crippen LogP contribution < -0.4 is 5.32 Å². The van der Waals surface area contributed by atoms with Crippen molar-refractivity contribution < 1.29 is 0 Å². The molecule has 1 N–H and O–H groups in total. The van der Waals surface area contributed by atoms with Crippen LogP contribution in [0.15, 0.2) is 0 Å². The second kappa shape index (κ2) is 7.24. The summed E-state index contributed by atoms with van der Waals surface area (Å²) in [5, 5.41) is 3.76. The van der Waals surface area contributed by atoms with Gasteiger partial charge >= 0.3 is 0 Å². The van der Waals surface area contributed by atoms with E-state index in [-0.39, 0.29) is 0 Å². The van der Waals surface area contributed by atoms with E-state index in [1.54, 1.807) is 0 Å². The highest BCUT2D eigenvalue weighted by molar-refractivity contribution is 4.87. The van der Waals surface area contributed by atoms with Crippen LogP contribution in [0, 0.1) is 5.92 Å². The summed E-state index contributed by atoms with van der Waals surface area (Å²) in [6, 6.07) is 0.726. The molecule has 1 heterocycles. The first-order valence-corrected chi connectivity index (χ1v) is 8.71. The standard InChI is InChI=1S/C17H35N3/c1-5-18-16(15-8-6-7-9-15)14-19-10-12-20(13-11-19)17(2,3)4/h15-16,18H,5-14H2,1-4H3. The molecule has 118 valence electrons. The highest BCUT2D eigenvalue weighted by Crippen LogP contribution is 2.28. The van der Waals surface area contributed by atoms with Gasteiger partial charge < -0.3 is 5.32 Å². The van der Waals surface area contributed by atoms with Gasteiger partial charge in [-0.2, -0.15) is 0 Å². The highest BCUT2D eigenvalue weighted by Gasteiger charge is 2.29. The molecule has 3 nitrogen and oxygen atoms in total. The van der Waals surface area contributed by atoms with Gasteiger partial charge in [-0.25, -0.2) is 0 Å². The number of nitrogens with one attached hydrogen (secondary N) is 1. The molecule has 1 aliphatic carbocycles. The third kappa shape index (κ3) is 4.44. The van der Waals surface area contributed by atoms with Gasteiger partial charge in [-0.05, 0) is 46.1 Å². The van der Waals surface area contributed by atoms with Crippen molar-refractivity contribution in [1.82, 2.24) is 15.1 Å². The summed E-state index contributed by atoms with van der Waals surface area (Å²) in [7, 11) is 0. The van der Waals surface area contributed by atoms with Crippen molar-refractivity contribution in [3.8, 4) is 0 Å².